The van der Waals surface area contributed by atoms with Gasteiger partial charge in [0.25, 0.3) is 0 Å². The van der Waals surface area contributed by atoms with Crippen molar-refractivity contribution in [3.63, 3.8) is 0 Å². The molecular weight excluding hydrogens is 326 g/mol. The van der Waals surface area contributed by atoms with Crippen molar-refractivity contribution in [3.8, 4) is 17.2 Å². The number of aryl methyl sites for hydroxylation is 1. The third-order valence-electron chi connectivity index (χ3n) is 4.97. The maximum Gasteiger partial charge on any atom is 0.135 e. The van der Waals surface area contributed by atoms with Gasteiger partial charge >= 0.3 is 0 Å². The van der Waals surface area contributed by atoms with Crippen LogP contribution in [0.3, 0.4) is 0 Å². The summed E-state index contributed by atoms with van der Waals surface area (Å²) in [6.45, 7) is 1.75. The number of rotatable bonds is 3. The monoisotopic (exact) mass is 345 g/mol. The first-order valence-corrected chi connectivity index (χ1v) is 8.67. The van der Waals surface area contributed by atoms with E-state index >= 15 is 0 Å². The van der Waals surface area contributed by atoms with E-state index < -0.39 is 0 Å². The van der Waals surface area contributed by atoms with Crippen molar-refractivity contribution >= 4 is 5.69 Å². The van der Waals surface area contributed by atoms with Crippen LogP contribution in [-0.2, 0) is 7.05 Å². The summed E-state index contributed by atoms with van der Waals surface area (Å²) < 4.78 is 2.00. The smallest absolute Gasteiger partial charge is 0.135 e. The Kier molecular flexibility index (Phi) is 4.32. The number of nitrogens with zero attached hydrogens (tertiary/aromatic N) is 7. The fourth-order valence-corrected chi connectivity index (χ4v) is 3.68. The number of hydrogen-bond acceptors (Lipinski definition) is 6. The normalized spacial score (nSPS) is 15.0. The fourth-order valence-electron chi connectivity index (χ4n) is 3.68. The minimum absolute atomic E-state index is 0.402. The standard InChI is InChI=1S/C19H19N7/c1-25-13-23-24-19(25)14-6-9-26(10-7-14)18-15(11-20)3-2-4-17(18)16-5-8-21-22-12-16/h2-5,8,12-14H,6-7,9-10H2,1H3. The van der Waals surface area contributed by atoms with Crippen molar-refractivity contribution in [2.45, 2.75) is 18.8 Å². The van der Waals surface area contributed by atoms with Crippen LogP contribution in [0.2, 0.25) is 0 Å². The third kappa shape index (κ3) is 2.90. The summed E-state index contributed by atoms with van der Waals surface area (Å²) in [7, 11) is 1.99. The lowest BCUT2D eigenvalue weighted by atomic mass is 9.93. The van der Waals surface area contributed by atoms with Crippen molar-refractivity contribution in [2.75, 3.05) is 18.0 Å². The van der Waals surface area contributed by atoms with Crippen molar-refractivity contribution in [2.24, 2.45) is 7.05 Å². The molecule has 0 aliphatic carbocycles. The van der Waals surface area contributed by atoms with Gasteiger partial charge in [-0.05, 0) is 25.0 Å². The number of para-hydroxylation sites is 1. The van der Waals surface area contributed by atoms with Gasteiger partial charge in [0, 0.05) is 37.2 Å². The molecule has 1 fully saturated rings. The summed E-state index contributed by atoms with van der Waals surface area (Å²) in [5.41, 5.74) is 3.68. The SMILES string of the molecule is Cn1cnnc1C1CCN(c2c(C#N)cccc2-c2ccnnc2)CC1. The molecule has 2 aromatic heterocycles. The zero-order chi connectivity index (χ0) is 17.9. The molecule has 1 saturated heterocycles. The summed E-state index contributed by atoms with van der Waals surface area (Å²) in [5, 5.41) is 25.7. The molecule has 1 aliphatic heterocycles. The Balaban J connectivity index is 1.64. The number of piperidine rings is 1. The largest absolute Gasteiger partial charge is 0.370 e. The molecule has 3 aromatic rings. The molecule has 130 valence electrons. The Hall–Kier alpha value is -3.27. The molecule has 7 heteroatoms. The molecule has 0 unspecified atom stereocenters. The lowest BCUT2D eigenvalue weighted by Crippen LogP contribution is -2.34. The molecule has 1 aromatic carbocycles. The summed E-state index contributed by atoms with van der Waals surface area (Å²) in [4.78, 5) is 2.31. The zero-order valence-corrected chi connectivity index (χ0v) is 14.6. The molecule has 3 heterocycles. The second-order valence-corrected chi connectivity index (χ2v) is 6.51. The second-order valence-electron chi connectivity index (χ2n) is 6.51. The lowest BCUT2D eigenvalue weighted by Gasteiger charge is -2.34. The molecule has 0 atom stereocenters. The molecule has 4 rings (SSSR count). The highest BCUT2D eigenvalue weighted by atomic mass is 15.3. The Morgan fingerprint density at radius 2 is 1.96 bits per heavy atom. The summed E-state index contributed by atoms with van der Waals surface area (Å²) in [6, 6.07) is 10.1. The molecule has 0 amide bonds. The summed E-state index contributed by atoms with van der Waals surface area (Å²) >= 11 is 0. The van der Waals surface area contributed by atoms with Crippen LogP contribution in [0.5, 0.6) is 0 Å². The highest BCUT2D eigenvalue weighted by molar-refractivity contribution is 5.82. The average molecular weight is 345 g/mol. The highest BCUT2D eigenvalue weighted by Gasteiger charge is 2.26. The van der Waals surface area contributed by atoms with E-state index in [4.69, 9.17) is 0 Å². The number of hydrogen-bond donors (Lipinski definition) is 0. The minimum Gasteiger partial charge on any atom is -0.370 e. The molecule has 0 bridgehead atoms. The second kappa shape index (κ2) is 6.92. The number of nitriles is 1. The maximum absolute atomic E-state index is 9.63. The Morgan fingerprint density at radius 1 is 1.12 bits per heavy atom. The van der Waals surface area contributed by atoms with E-state index in [9.17, 15) is 5.26 Å². The Morgan fingerprint density at radius 3 is 2.62 bits per heavy atom. The summed E-state index contributed by atoms with van der Waals surface area (Å²) in [6.07, 6.45) is 7.15. The number of anilines is 1. The summed E-state index contributed by atoms with van der Waals surface area (Å²) in [5.74, 6) is 1.44. The average Bonchev–Trinajstić information content (AvgIpc) is 3.14. The molecule has 26 heavy (non-hydrogen) atoms. The van der Waals surface area contributed by atoms with Crippen molar-refractivity contribution < 1.29 is 0 Å². The van der Waals surface area contributed by atoms with E-state index in [-0.39, 0.29) is 0 Å². The van der Waals surface area contributed by atoms with Crippen LogP contribution < -0.4 is 4.90 Å². The van der Waals surface area contributed by atoms with Gasteiger partial charge in [0.05, 0.1) is 23.6 Å². The van der Waals surface area contributed by atoms with Gasteiger partial charge < -0.3 is 9.47 Å². The van der Waals surface area contributed by atoms with Crippen LogP contribution in [0.4, 0.5) is 5.69 Å². The maximum atomic E-state index is 9.63. The van der Waals surface area contributed by atoms with Crippen LogP contribution in [0.15, 0.2) is 43.0 Å². The van der Waals surface area contributed by atoms with Crippen LogP contribution in [0.1, 0.15) is 30.1 Å². The van der Waals surface area contributed by atoms with Gasteiger partial charge in [-0.1, -0.05) is 12.1 Å². The first kappa shape index (κ1) is 16.2. The van der Waals surface area contributed by atoms with E-state index in [1.807, 2.05) is 35.9 Å². The van der Waals surface area contributed by atoms with Gasteiger partial charge in [-0.3, -0.25) is 0 Å². The van der Waals surface area contributed by atoms with Crippen LogP contribution >= 0.6 is 0 Å². The molecular formula is C19H19N7. The molecule has 1 aliphatic rings. The molecule has 0 saturated carbocycles. The van der Waals surface area contributed by atoms with Gasteiger partial charge in [-0.25, -0.2) is 0 Å². The van der Waals surface area contributed by atoms with Crippen LogP contribution in [0.25, 0.3) is 11.1 Å². The van der Waals surface area contributed by atoms with Gasteiger partial charge in [-0.2, -0.15) is 15.5 Å². The predicted molar refractivity (Wildman–Crippen MR) is 97.4 cm³/mol. The molecule has 0 N–H and O–H groups in total. The topological polar surface area (TPSA) is 83.5 Å². The minimum atomic E-state index is 0.402. The zero-order valence-electron chi connectivity index (χ0n) is 14.6. The van der Waals surface area contributed by atoms with Gasteiger partial charge in [0.2, 0.25) is 0 Å². The van der Waals surface area contributed by atoms with Gasteiger partial charge in [0.15, 0.2) is 0 Å². The van der Waals surface area contributed by atoms with Crippen molar-refractivity contribution in [1.29, 1.82) is 5.26 Å². The number of aromatic nitrogens is 5. The highest BCUT2D eigenvalue weighted by Crippen LogP contribution is 2.37. The molecule has 7 nitrogen and oxygen atoms in total. The van der Waals surface area contributed by atoms with Gasteiger partial charge in [0.1, 0.15) is 18.2 Å². The third-order valence-corrected chi connectivity index (χ3v) is 4.97. The van der Waals surface area contributed by atoms with Gasteiger partial charge in [-0.15, -0.1) is 10.2 Å². The predicted octanol–water partition coefficient (Wildman–Crippen LogP) is 2.53. The first-order chi connectivity index (χ1) is 12.8. The lowest BCUT2D eigenvalue weighted by molar-refractivity contribution is 0.474. The van der Waals surface area contributed by atoms with E-state index in [2.05, 4.69) is 31.4 Å². The fraction of sp³-hybridized carbons (Fsp3) is 0.316. The van der Waals surface area contributed by atoms with Crippen molar-refractivity contribution in [1.82, 2.24) is 25.0 Å². The van der Waals surface area contributed by atoms with E-state index in [0.29, 0.717) is 11.5 Å². The Labute approximate surface area is 151 Å². The van der Waals surface area contributed by atoms with Crippen LogP contribution in [0, 0.1) is 11.3 Å². The van der Waals surface area contributed by atoms with E-state index in [1.54, 1.807) is 18.7 Å². The number of benzene rings is 1. The van der Waals surface area contributed by atoms with Crippen molar-refractivity contribution in [3.05, 3.63) is 54.4 Å². The van der Waals surface area contributed by atoms with Crippen LogP contribution in [-0.4, -0.2) is 38.1 Å². The quantitative estimate of drug-likeness (QED) is 0.725. The molecule has 0 radical (unpaired) electrons. The molecule has 0 spiro atoms. The first-order valence-electron chi connectivity index (χ1n) is 8.67. The van der Waals surface area contributed by atoms with E-state index in [1.165, 1.54) is 0 Å². The Bertz CT molecular complexity index is 934. The van der Waals surface area contributed by atoms with E-state index in [0.717, 1.165) is 48.6 Å².